The third-order valence-corrected chi connectivity index (χ3v) is 3.36. The number of carbonyl (C=O) groups is 2. The van der Waals surface area contributed by atoms with Crippen molar-refractivity contribution < 1.29 is 14.3 Å². The third-order valence-electron chi connectivity index (χ3n) is 3.05. The molecule has 0 radical (unpaired) electrons. The maximum atomic E-state index is 12.2. The van der Waals surface area contributed by atoms with Crippen molar-refractivity contribution in [2.45, 2.75) is 39.7 Å². The minimum Gasteiger partial charge on any atom is -0.476 e. The monoisotopic (exact) mass is 326 g/mol. The summed E-state index contributed by atoms with van der Waals surface area (Å²) in [7, 11) is 0. The Hall–Kier alpha value is -1.75. The Labute approximate surface area is 136 Å². The second kappa shape index (κ2) is 8.03. The van der Waals surface area contributed by atoms with Crippen LogP contribution in [0.5, 0.6) is 5.75 Å². The number of hydrogen-bond donors (Lipinski definition) is 2. The van der Waals surface area contributed by atoms with Crippen molar-refractivity contribution in [2.24, 2.45) is 0 Å². The molecule has 2 N–H and O–H groups in total. The van der Waals surface area contributed by atoms with Gasteiger partial charge in [0.05, 0.1) is 5.02 Å². The lowest BCUT2D eigenvalue weighted by Gasteiger charge is -2.26. The molecule has 1 aromatic rings. The Morgan fingerprint density at radius 3 is 2.50 bits per heavy atom. The molecule has 1 aromatic carbocycles. The molecule has 0 aliphatic heterocycles. The smallest absolute Gasteiger partial charge is 0.263 e. The molecule has 2 amide bonds. The van der Waals surface area contributed by atoms with Crippen molar-refractivity contribution in [1.82, 2.24) is 10.6 Å². The van der Waals surface area contributed by atoms with Crippen LogP contribution in [-0.4, -0.2) is 30.5 Å². The lowest BCUT2D eigenvalue weighted by atomic mass is 10.1. The number of amides is 2. The van der Waals surface area contributed by atoms with E-state index in [1.54, 1.807) is 32.9 Å². The van der Waals surface area contributed by atoms with E-state index in [9.17, 15) is 9.59 Å². The van der Waals surface area contributed by atoms with Crippen LogP contribution in [0.1, 0.15) is 32.8 Å². The van der Waals surface area contributed by atoms with E-state index in [1.807, 2.05) is 13.0 Å². The van der Waals surface area contributed by atoms with Gasteiger partial charge in [-0.15, -0.1) is 0 Å². The number of benzene rings is 1. The van der Waals surface area contributed by atoms with Crippen LogP contribution in [0.25, 0.3) is 0 Å². The number of carbonyl (C=O) groups excluding carboxylic acids is 2. The summed E-state index contributed by atoms with van der Waals surface area (Å²) < 4.78 is 5.74. The number of rotatable bonds is 7. The lowest BCUT2D eigenvalue weighted by molar-refractivity contribution is -0.134. The molecule has 0 unspecified atom stereocenters. The zero-order chi connectivity index (χ0) is 16.8. The number of halogens is 1. The molecule has 0 aromatic heterocycles. The first-order valence-electron chi connectivity index (χ1n) is 7.26. The molecule has 0 atom stereocenters. The van der Waals surface area contributed by atoms with Gasteiger partial charge >= 0.3 is 0 Å². The first kappa shape index (κ1) is 18.3. The van der Waals surface area contributed by atoms with Gasteiger partial charge in [0.1, 0.15) is 5.75 Å². The Kier molecular flexibility index (Phi) is 6.68. The highest BCUT2D eigenvalue weighted by Crippen LogP contribution is 2.28. The van der Waals surface area contributed by atoms with Gasteiger partial charge in [-0.25, -0.2) is 0 Å². The molecule has 5 nitrogen and oxygen atoms in total. The minimum atomic E-state index is -1.06. The van der Waals surface area contributed by atoms with Crippen LogP contribution >= 0.6 is 11.6 Å². The van der Waals surface area contributed by atoms with Gasteiger partial charge in [-0.05, 0) is 38.5 Å². The van der Waals surface area contributed by atoms with Gasteiger partial charge in [0.25, 0.3) is 5.91 Å². The maximum Gasteiger partial charge on any atom is 0.263 e. The highest BCUT2D eigenvalue weighted by molar-refractivity contribution is 6.32. The van der Waals surface area contributed by atoms with Crippen LogP contribution in [0.2, 0.25) is 5.02 Å². The van der Waals surface area contributed by atoms with Gasteiger partial charge in [-0.1, -0.05) is 24.6 Å². The fourth-order valence-corrected chi connectivity index (χ4v) is 1.88. The van der Waals surface area contributed by atoms with Gasteiger partial charge in [-0.2, -0.15) is 0 Å². The second-order valence-corrected chi connectivity index (χ2v) is 5.91. The first-order chi connectivity index (χ1) is 10.3. The zero-order valence-corrected chi connectivity index (χ0v) is 14.2. The van der Waals surface area contributed by atoms with Crippen molar-refractivity contribution >= 4 is 23.4 Å². The number of ether oxygens (including phenoxy) is 1. The fourth-order valence-electron chi connectivity index (χ4n) is 1.73. The molecule has 0 bridgehead atoms. The Bertz CT molecular complexity index is 544. The zero-order valence-electron chi connectivity index (χ0n) is 13.5. The first-order valence-corrected chi connectivity index (χ1v) is 7.64. The van der Waals surface area contributed by atoms with Crippen LogP contribution in [0.3, 0.4) is 0 Å². The summed E-state index contributed by atoms with van der Waals surface area (Å²) in [5.41, 5.74) is -0.0653. The summed E-state index contributed by atoms with van der Waals surface area (Å²) in [5, 5.41) is 5.88. The summed E-state index contributed by atoms with van der Waals surface area (Å²) >= 11 is 6.08. The van der Waals surface area contributed by atoms with Crippen molar-refractivity contribution in [3.05, 3.63) is 28.8 Å². The average Bonchev–Trinajstić information content (AvgIpc) is 2.46. The molecular formula is C16H23ClN2O3. The van der Waals surface area contributed by atoms with Crippen LogP contribution in [0.4, 0.5) is 0 Å². The number of nitrogens with one attached hydrogen (secondary N) is 2. The van der Waals surface area contributed by atoms with E-state index in [0.717, 1.165) is 5.56 Å². The average molecular weight is 327 g/mol. The van der Waals surface area contributed by atoms with E-state index in [1.165, 1.54) is 0 Å². The molecule has 0 aliphatic carbocycles. The highest BCUT2D eigenvalue weighted by atomic mass is 35.5. The van der Waals surface area contributed by atoms with Gasteiger partial charge in [0.15, 0.2) is 5.60 Å². The predicted octanol–water partition coefficient (Wildman–Crippen LogP) is 2.45. The molecule has 0 fully saturated rings. The molecule has 0 heterocycles. The molecule has 1 rings (SSSR count). The number of hydrogen-bond acceptors (Lipinski definition) is 3. The predicted molar refractivity (Wildman–Crippen MR) is 87.2 cm³/mol. The summed E-state index contributed by atoms with van der Waals surface area (Å²) in [4.78, 5) is 23.3. The third kappa shape index (κ3) is 5.56. The van der Waals surface area contributed by atoms with Gasteiger partial charge in [0.2, 0.25) is 5.91 Å². The van der Waals surface area contributed by atoms with E-state index in [2.05, 4.69) is 10.6 Å². The molecule has 22 heavy (non-hydrogen) atoms. The Morgan fingerprint density at radius 2 is 1.86 bits per heavy atom. The van der Waals surface area contributed by atoms with Gasteiger partial charge in [0, 0.05) is 19.5 Å². The van der Waals surface area contributed by atoms with E-state index in [4.69, 9.17) is 16.3 Å². The molecule has 0 spiro atoms. The summed E-state index contributed by atoms with van der Waals surface area (Å²) in [6.07, 6.45) is 0.425. The van der Waals surface area contributed by atoms with E-state index in [0.29, 0.717) is 30.3 Å². The molecule has 122 valence electrons. The molecular weight excluding hydrogens is 304 g/mol. The maximum absolute atomic E-state index is 12.2. The van der Waals surface area contributed by atoms with Crippen LogP contribution < -0.4 is 15.4 Å². The van der Waals surface area contributed by atoms with E-state index < -0.39 is 5.60 Å². The van der Waals surface area contributed by atoms with Crippen molar-refractivity contribution in [2.75, 3.05) is 13.1 Å². The van der Waals surface area contributed by atoms with Crippen LogP contribution in [-0.2, 0) is 9.59 Å². The normalized spacial score (nSPS) is 11.0. The van der Waals surface area contributed by atoms with Crippen molar-refractivity contribution in [3.8, 4) is 5.75 Å². The van der Waals surface area contributed by atoms with Crippen LogP contribution in [0, 0.1) is 6.92 Å². The molecule has 6 heteroatoms. The van der Waals surface area contributed by atoms with E-state index in [-0.39, 0.29) is 11.8 Å². The van der Waals surface area contributed by atoms with Gasteiger partial charge < -0.3 is 15.4 Å². The summed E-state index contributed by atoms with van der Waals surface area (Å²) in [5.74, 6) is 0.160. The lowest BCUT2D eigenvalue weighted by Crippen LogP contribution is -2.48. The molecule has 0 saturated carbocycles. The van der Waals surface area contributed by atoms with Crippen molar-refractivity contribution in [3.63, 3.8) is 0 Å². The fraction of sp³-hybridized carbons (Fsp3) is 0.500. The number of aryl methyl sites for hydroxylation is 1. The Balaban J connectivity index is 2.56. The Morgan fingerprint density at radius 1 is 1.23 bits per heavy atom. The summed E-state index contributed by atoms with van der Waals surface area (Å²) in [6.45, 7) is 7.78. The van der Waals surface area contributed by atoms with Crippen molar-refractivity contribution in [1.29, 1.82) is 0 Å². The second-order valence-electron chi connectivity index (χ2n) is 5.51. The van der Waals surface area contributed by atoms with Gasteiger partial charge in [-0.3, -0.25) is 9.59 Å². The standard InChI is InChI=1S/C16H23ClN2O3/c1-5-14(20)18-8-9-19-15(21)16(3,4)22-13-10-11(2)6-7-12(13)17/h6-7,10H,5,8-9H2,1-4H3,(H,18,20)(H,19,21). The molecule has 0 saturated heterocycles. The van der Waals surface area contributed by atoms with Crippen LogP contribution in [0.15, 0.2) is 18.2 Å². The summed E-state index contributed by atoms with van der Waals surface area (Å²) in [6, 6.07) is 5.40. The molecule has 0 aliphatic rings. The quantitative estimate of drug-likeness (QED) is 0.756. The largest absolute Gasteiger partial charge is 0.476 e. The topological polar surface area (TPSA) is 67.4 Å². The minimum absolute atomic E-state index is 0.0451. The van der Waals surface area contributed by atoms with E-state index >= 15 is 0 Å². The SMILES string of the molecule is CCC(=O)NCCNC(=O)C(C)(C)Oc1cc(C)ccc1Cl. The highest BCUT2D eigenvalue weighted by Gasteiger charge is 2.30.